The number of likely N-dealkylation sites (tertiary alicyclic amines) is 1. The van der Waals surface area contributed by atoms with Crippen molar-refractivity contribution in [1.82, 2.24) is 4.90 Å². The van der Waals surface area contributed by atoms with Gasteiger partial charge in [-0.2, -0.15) is 5.26 Å². The normalized spacial score (nSPS) is 14.7. The molecule has 1 N–H and O–H groups in total. The molecule has 2 aromatic rings. The Bertz CT molecular complexity index is 926. The molecule has 0 aliphatic carbocycles. The van der Waals surface area contributed by atoms with E-state index in [1.165, 1.54) is 11.8 Å². The lowest BCUT2D eigenvalue weighted by molar-refractivity contribution is -0.128. The molecule has 0 aromatic heterocycles. The van der Waals surface area contributed by atoms with Crippen molar-refractivity contribution in [2.24, 2.45) is 5.92 Å². The molecule has 0 atom stereocenters. The van der Waals surface area contributed by atoms with Gasteiger partial charge in [-0.05, 0) is 42.9 Å². The number of nitrogens with zero attached hydrogens (tertiary/aromatic N) is 2. The number of rotatable bonds is 7. The van der Waals surface area contributed by atoms with E-state index in [1.807, 2.05) is 12.1 Å². The smallest absolute Gasteiger partial charge is 0.266 e. The Labute approximate surface area is 177 Å². The lowest BCUT2D eigenvalue weighted by Crippen LogP contribution is -2.39. The molecule has 156 valence electrons. The molecule has 1 saturated heterocycles. The molecule has 1 fully saturated rings. The van der Waals surface area contributed by atoms with E-state index in [4.69, 9.17) is 9.47 Å². The average Bonchev–Trinajstić information content (AvgIpc) is 2.80. The fourth-order valence-electron chi connectivity index (χ4n) is 3.68. The fraction of sp³-hybridized carbons (Fsp3) is 0.333. The monoisotopic (exact) mass is 405 g/mol. The summed E-state index contributed by atoms with van der Waals surface area (Å²) in [5, 5.41) is 12.5. The van der Waals surface area contributed by atoms with Crippen molar-refractivity contribution >= 4 is 11.6 Å². The van der Waals surface area contributed by atoms with Gasteiger partial charge < -0.3 is 19.7 Å². The van der Waals surface area contributed by atoms with Gasteiger partial charge in [-0.25, -0.2) is 0 Å². The summed E-state index contributed by atoms with van der Waals surface area (Å²) in [4.78, 5) is 14.6. The zero-order valence-electron chi connectivity index (χ0n) is 17.4. The predicted octanol–water partition coefficient (Wildman–Crippen LogP) is 4.00. The van der Waals surface area contributed by atoms with Crippen LogP contribution >= 0.6 is 0 Å². The largest absolute Gasteiger partial charge is 0.497 e. The molecule has 1 heterocycles. The van der Waals surface area contributed by atoms with Crippen LogP contribution in [0.5, 0.6) is 11.5 Å². The first-order valence-corrected chi connectivity index (χ1v) is 10.1. The van der Waals surface area contributed by atoms with Crippen molar-refractivity contribution in [2.45, 2.75) is 19.3 Å². The average molecular weight is 405 g/mol. The maximum absolute atomic E-state index is 12.8. The Morgan fingerprint density at radius 1 is 1.17 bits per heavy atom. The number of amides is 1. The van der Waals surface area contributed by atoms with Gasteiger partial charge in [0, 0.05) is 25.4 Å². The van der Waals surface area contributed by atoms with Gasteiger partial charge in [0.1, 0.15) is 23.1 Å². The first-order valence-electron chi connectivity index (χ1n) is 10.1. The van der Waals surface area contributed by atoms with Crippen molar-refractivity contribution in [3.05, 3.63) is 65.9 Å². The van der Waals surface area contributed by atoms with Gasteiger partial charge in [0.15, 0.2) is 0 Å². The van der Waals surface area contributed by atoms with E-state index < -0.39 is 0 Å². The molecule has 1 aliphatic rings. The first-order chi connectivity index (χ1) is 14.6. The Hall–Kier alpha value is -3.46. The van der Waals surface area contributed by atoms with E-state index in [2.05, 4.69) is 29.6 Å². The van der Waals surface area contributed by atoms with Crippen LogP contribution in [-0.4, -0.2) is 38.1 Å². The van der Waals surface area contributed by atoms with Gasteiger partial charge >= 0.3 is 0 Å². The van der Waals surface area contributed by atoms with E-state index in [0.717, 1.165) is 19.3 Å². The standard InChI is InChI=1S/C24H27N3O3/c1-29-21-8-9-23(30-2)22(15-21)26-17-20(16-25)24(28)27-12-10-19(11-13-27)14-18-6-4-3-5-7-18/h3-9,15,17,19,26H,10-14H2,1-2H3/b20-17-. The summed E-state index contributed by atoms with van der Waals surface area (Å²) >= 11 is 0. The third-order valence-electron chi connectivity index (χ3n) is 5.40. The molecule has 6 heteroatoms. The Balaban J connectivity index is 1.61. The minimum Gasteiger partial charge on any atom is -0.497 e. The van der Waals surface area contributed by atoms with Crippen molar-refractivity contribution in [3.63, 3.8) is 0 Å². The van der Waals surface area contributed by atoms with Crippen molar-refractivity contribution in [3.8, 4) is 17.6 Å². The highest BCUT2D eigenvalue weighted by Crippen LogP contribution is 2.29. The second-order valence-electron chi connectivity index (χ2n) is 7.31. The van der Waals surface area contributed by atoms with Crippen LogP contribution in [0.3, 0.4) is 0 Å². The molecule has 2 aromatic carbocycles. The van der Waals surface area contributed by atoms with Gasteiger partial charge in [0.05, 0.1) is 19.9 Å². The second kappa shape index (κ2) is 10.4. The van der Waals surface area contributed by atoms with Crippen molar-refractivity contribution in [2.75, 3.05) is 32.6 Å². The third-order valence-corrected chi connectivity index (χ3v) is 5.40. The van der Waals surface area contributed by atoms with Crippen LogP contribution in [-0.2, 0) is 11.2 Å². The molecular formula is C24H27N3O3. The zero-order valence-corrected chi connectivity index (χ0v) is 17.4. The molecule has 0 bridgehead atoms. The van der Waals surface area contributed by atoms with Crippen molar-refractivity contribution in [1.29, 1.82) is 5.26 Å². The van der Waals surface area contributed by atoms with Gasteiger partial charge in [-0.1, -0.05) is 30.3 Å². The molecule has 1 amide bonds. The Kier molecular flexibility index (Phi) is 7.34. The van der Waals surface area contributed by atoms with Crippen LogP contribution in [0.2, 0.25) is 0 Å². The number of piperidine rings is 1. The molecule has 0 saturated carbocycles. The second-order valence-corrected chi connectivity index (χ2v) is 7.31. The SMILES string of the molecule is COc1ccc(OC)c(N/C=C(/C#N)C(=O)N2CCC(Cc3ccccc3)CC2)c1. The van der Waals surface area contributed by atoms with Gasteiger partial charge in [-0.3, -0.25) is 4.79 Å². The molecule has 0 unspecified atom stereocenters. The summed E-state index contributed by atoms with van der Waals surface area (Å²) in [6.07, 6.45) is 4.35. The number of carbonyl (C=O) groups is 1. The van der Waals surface area contributed by atoms with Gasteiger partial charge in [-0.15, -0.1) is 0 Å². The fourth-order valence-corrected chi connectivity index (χ4v) is 3.68. The minimum absolute atomic E-state index is 0.0707. The van der Waals surface area contributed by atoms with Crippen LogP contribution in [0.25, 0.3) is 0 Å². The third kappa shape index (κ3) is 5.32. The molecule has 0 spiro atoms. The maximum atomic E-state index is 12.8. The topological polar surface area (TPSA) is 74.6 Å². The number of methoxy groups -OCH3 is 2. The molecule has 1 aliphatic heterocycles. The van der Waals surface area contributed by atoms with E-state index in [-0.39, 0.29) is 11.5 Å². The number of nitrogens with one attached hydrogen (secondary N) is 1. The van der Waals surface area contributed by atoms with Crippen LogP contribution in [0.1, 0.15) is 18.4 Å². The highest BCUT2D eigenvalue weighted by molar-refractivity contribution is 5.97. The summed E-state index contributed by atoms with van der Waals surface area (Å²) in [5.74, 6) is 1.56. The highest BCUT2D eigenvalue weighted by Gasteiger charge is 2.25. The summed E-state index contributed by atoms with van der Waals surface area (Å²) in [5.41, 5.74) is 2.02. The minimum atomic E-state index is -0.245. The van der Waals surface area contributed by atoms with E-state index in [9.17, 15) is 10.1 Å². The van der Waals surface area contributed by atoms with Crippen LogP contribution in [0.15, 0.2) is 60.3 Å². The summed E-state index contributed by atoms with van der Waals surface area (Å²) in [6.45, 7) is 1.33. The van der Waals surface area contributed by atoms with Gasteiger partial charge in [0.25, 0.3) is 5.91 Å². The van der Waals surface area contributed by atoms with Crippen LogP contribution in [0.4, 0.5) is 5.69 Å². The molecular weight excluding hydrogens is 378 g/mol. The first kappa shape index (κ1) is 21.3. The number of hydrogen-bond acceptors (Lipinski definition) is 5. The van der Waals surface area contributed by atoms with E-state index in [0.29, 0.717) is 36.2 Å². The Morgan fingerprint density at radius 3 is 2.53 bits per heavy atom. The number of nitriles is 1. The highest BCUT2D eigenvalue weighted by atomic mass is 16.5. The molecule has 3 rings (SSSR count). The predicted molar refractivity (Wildman–Crippen MR) is 116 cm³/mol. The van der Waals surface area contributed by atoms with E-state index in [1.54, 1.807) is 37.3 Å². The summed E-state index contributed by atoms with van der Waals surface area (Å²) < 4.78 is 10.5. The van der Waals surface area contributed by atoms with Crippen LogP contribution < -0.4 is 14.8 Å². The summed E-state index contributed by atoms with van der Waals surface area (Å²) in [6, 6.07) is 17.8. The molecule has 30 heavy (non-hydrogen) atoms. The molecule has 6 nitrogen and oxygen atoms in total. The lowest BCUT2D eigenvalue weighted by atomic mass is 9.90. The molecule has 0 radical (unpaired) electrons. The number of anilines is 1. The zero-order chi connectivity index (χ0) is 21.3. The van der Waals surface area contributed by atoms with Crippen LogP contribution in [0, 0.1) is 17.2 Å². The van der Waals surface area contributed by atoms with Crippen molar-refractivity contribution < 1.29 is 14.3 Å². The Morgan fingerprint density at radius 2 is 1.90 bits per heavy atom. The number of ether oxygens (including phenoxy) is 2. The summed E-state index contributed by atoms with van der Waals surface area (Å²) in [7, 11) is 3.14. The number of benzene rings is 2. The van der Waals surface area contributed by atoms with E-state index >= 15 is 0 Å². The maximum Gasteiger partial charge on any atom is 0.266 e. The lowest BCUT2D eigenvalue weighted by Gasteiger charge is -2.32. The number of hydrogen-bond donors (Lipinski definition) is 1. The number of carbonyl (C=O) groups excluding carboxylic acids is 1. The van der Waals surface area contributed by atoms with Gasteiger partial charge in [0.2, 0.25) is 0 Å². The quantitative estimate of drug-likeness (QED) is 0.557.